The summed E-state index contributed by atoms with van der Waals surface area (Å²) in [6, 6.07) is 3.68. The molecular formula is C15H15ClN4O3S. The standard InChI is InChI=1S/C15H15ClN4O3S/c1-4-8-5-6-10(24-8)9(21)7-20-11-12(17-14(20)16)18(2)15(23)19(3)13(11)22/h5-6H,4,7H2,1-3H3. The predicted molar refractivity (Wildman–Crippen MR) is 93.3 cm³/mol. The van der Waals surface area contributed by atoms with Gasteiger partial charge in [0.25, 0.3) is 5.56 Å². The fourth-order valence-electron chi connectivity index (χ4n) is 2.50. The van der Waals surface area contributed by atoms with Crippen molar-refractivity contribution in [1.82, 2.24) is 18.7 Å². The Morgan fingerprint density at radius 2 is 1.96 bits per heavy atom. The summed E-state index contributed by atoms with van der Waals surface area (Å²) < 4.78 is 3.57. The van der Waals surface area contributed by atoms with E-state index in [1.165, 1.54) is 34.6 Å². The summed E-state index contributed by atoms with van der Waals surface area (Å²) in [6.45, 7) is 1.91. The molecule has 3 aromatic heterocycles. The van der Waals surface area contributed by atoms with Crippen LogP contribution in [0.5, 0.6) is 0 Å². The van der Waals surface area contributed by atoms with Gasteiger partial charge in [0.15, 0.2) is 16.9 Å². The van der Waals surface area contributed by atoms with Crippen molar-refractivity contribution in [2.45, 2.75) is 19.9 Å². The van der Waals surface area contributed by atoms with Crippen molar-refractivity contribution >= 4 is 39.9 Å². The minimum absolute atomic E-state index is 0.00363. The number of hydrogen-bond donors (Lipinski definition) is 0. The van der Waals surface area contributed by atoms with Gasteiger partial charge in [-0.1, -0.05) is 6.92 Å². The molecule has 3 aromatic rings. The molecule has 0 radical (unpaired) electrons. The van der Waals surface area contributed by atoms with E-state index in [0.717, 1.165) is 15.9 Å². The van der Waals surface area contributed by atoms with Gasteiger partial charge in [0, 0.05) is 19.0 Å². The van der Waals surface area contributed by atoms with Crippen LogP contribution < -0.4 is 11.2 Å². The molecule has 0 atom stereocenters. The Morgan fingerprint density at radius 3 is 2.58 bits per heavy atom. The number of ketones is 1. The van der Waals surface area contributed by atoms with Gasteiger partial charge in [-0.3, -0.25) is 18.7 Å². The van der Waals surface area contributed by atoms with Crippen molar-refractivity contribution in [3.63, 3.8) is 0 Å². The zero-order valence-electron chi connectivity index (χ0n) is 13.4. The summed E-state index contributed by atoms with van der Waals surface area (Å²) in [5.74, 6) is -0.156. The van der Waals surface area contributed by atoms with E-state index >= 15 is 0 Å². The lowest BCUT2D eigenvalue weighted by Gasteiger charge is -2.06. The van der Waals surface area contributed by atoms with Crippen LogP contribution in [0.4, 0.5) is 0 Å². The van der Waals surface area contributed by atoms with E-state index in [1.54, 1.807) is 6.07 Å². The number of imidazole rings is 1. The van der Waals surface area contributed by atoms with Crippen molar-refractivity contribution in [2.75, 3.05) is 0 Å². The van der Waals surface area contributed by atoms with E-state index in [2.05, 4.69) is 4.98 Å². The van der Waals surface area contributed by atoms with Gasteiger partial charge in [-0.2, -0.15) is 4.98 Å². The molecule has 0 aliphatic carbocycles. The van der Waals surface area contributed by atoms with Gasteiger partial charge >= 0.3 is 5.69 Å². The number of thiophene rings is 1. The number of carbonyl (C=O) groups excluding carboxylic acids is 1. The molecule has 0 amide bonds. The van der Waals surface area contributed by atoms with Crippen molar-refractivity contribution in [3.05, 3.63) is 48.0 Å². The van der Waals surface area contributed by atoms with E-state index in [1.807, 2.05) is 13.0 Å². The Morgan fingerprint density at radius 1 is 1.25 bits per heavy atom. The zero-order chi connectivity index (χ0) is 17.6. The highest BCUT2D eigenvalue weighted by atomic mass is 35.5. The van der Waals surface area contributed by atoms with Crippen LogP contribution in [0.25, 0.3) is 11.2 Å². The van der Waals surface area contributed by atoms with Crippen LogP contribution in [0, 0.1) is 0 Å². The lowest BCUT2D eigenvalue weighted by atomic mass is 10.3. The molecule has 0 N–H and O–H groups in total. The summed E-state index contributed by atoms with van der Waals surface area (Å²) in [6.07, 6.45) is 0.857. The van der Waals surface area contributed by atoms with Gasteiger partial charge in [0.2, 0.25) is 5.28 Å². The zero-order valence-corrected chi connectivity index (χ0v) is 14.9. The molecular weight excluding hydrogens is 352 g/mol. The highest BCUT2D eigenvalue weighted by Crippen LogP contribution is 2.21. The molecule has 0 fully saturated rings. The molecule has 7 nitrogen and oxygen atoms in total. The molecule has 0 unspecified atom stereocenters. The van der Waals surface area contributed by atoms with Crippen molar-refractivity contribution in [1.29, 1.82) is 0 Å². The van der Waals surface area contributed by atoms with Gasteiger partial charge in [0.1, 0.15) is 0 Å². The molecule has 9 heteroatoms. The fraction of sp³-hybridized carbons (Fsp3) is 0.333. The summed E-state index contributed by atoms with van der Waals surface area (Å²) in [7, 11) is 2.89. The first-order valence-electron chi connectivity index (χ1n) is 7.28. The van der Waals surface area contributed by atoms with Crippen molar-refractivity contribution < 1.29 is 4.79 Å². The van der Waals surface area contributed by atoms with Crippen LogP contribution in [-0.2, 0) is 27.1 Å². The largest absolute Gasteiger partial charge is 0.332 e. The van der Waals surface area contributed by atoms with Gasteiger partial charge in [-0.05, 0) is 30.2 Å². The van der Waals surface area contributed by atoms with Crippen LogP contribution in [0.2, 0.25) is 5.28 Å². The quantitative estimate of drug-likeness (QED) is 0.519. The third-order valence-electron chi connectivity index (χ3n) is 3.89. The first-order valence-corrected chi connectivity index (χ1v) is 8.48. The number of hydrogen-bond acceptors (Lipinski definition) is 5. The van der Waals surface area contributed by atoms with Gasteiger partial charge < -0.3 is 4.57 Å². The maximum absolute atomic E-state index is 12.5. The minimum Gasteiger partial charge on any atom is -0.301 e. The Bertz CT molecular complexity index is 1070. The van der Waals surface area contributed by atoms with Crippen LogP contribution in [0.3, 0.4) is 0 Å². The molecule has 3 rings (SSSR count). The summed E-state index contributed by atoms with van der Waals surface area (Å²) in [5.41, 5.74) is -0.710. The number of aryl methyl sites for hydroxylation is 2. The van der Waals surface area contributed by atoms with Crippen LogP contribution >= 0.6 is 22.9 Å². The molecule has 126 valence electrons. The molecule has 24 heavy (non-hydrogen) atoms. The fourth-order valence-corrected chi connectivity index (χ4v) is 3.61. The third-order valence-corrected chi connectivity index (χ3v) is 5.45. The maximum Gasteiger partial charge on any atom is 0.332 e. The number of Topliss-reactive ketones (excluding diaryl/α,β-unsaturated/α-hetero) is 1. The average Bonchev–Trinajstić information content (AvgIpc) is 3.16. The van der Waals surface area contributed by atoms with Crippen LogP contribution in [-0.4, -0.2) is 24.5 Å². The molecule has 0 saturated heterocycles. The van der Waals surface area contributed by atoms with E-state index < -0.39 is 11.2 Å². The minimum atomic E-state index is -0.527. The van der Waals surface area contributed by atoms with Gasteiger partial charge in [-0.25, -0.2) is 4.79 Å². The summed E-state index contributed by atoms with van der Waals surface area (Å²) in [4.78, 5) is 42.7. The topological polar surface area (TPSA) is 78.9 Å². The highest BCUT2D eigenvalue weighted by Gasteiger charge is 2.20. The number of aromatic nitrogens is 4. The molecule has 0 aliphatic rings. The number of fused-ring (bicyclic) bond motifs is 1. The molecule has 0 spiro atoms. The van der Waals surface area contributed by atoms with Gasteiger partial charge in [0.05, 0.1) is 11.4 Å². The molecule has 0 aromatic carbocycles. The SMILES string of the molecule is CCc1ccc(C(=O)Cn2c(Cl)nc3c2c(=O)n(C)c(=O)n3C)s1. The molecule has 3 heterocycles. The summed E-state index contributed by atoms with van der Waals surface area (Å²) >= 11 is 7.54. The lowest BCUT2D eigenvalue weighted by Crippen LogP contribution is -2.37. The highest BCUT2D eigenvalue weighted by molar-refractivity contribution is 7.14. The van der Waals surface area contributed by atoms with E-state index in [4.69, 9.17) is 11.6 Å². The monoisotopic (exact) mass is 366 g/mol. The lowest BCUT2D eigenvalue weighted by molar-refractivity contribution is 0.0977. The average molecular weight is 367 g/mol. The maximum atomic E-state index is 12.5. The van der Waals surface area contributed by atoms with Crippen molar-refractivity contribution in [3.8, 4) is 0 Å². The Hall–Kier alpha value is -2.19. The van der Waals surface area contributed by atoms with Crippen molar-refractivity contribution in [2.24, 2.45) is 14.1 Å². The predicted octanol–water partition coefficient (Wildman–Crippen LogP) is 1.59. The molecule has 0 saturated carbocycles. The first-order chi connectivity index (χ1) is 11.3. The smallest absolute Gasteiger partial charge is 0.301 e. The Labute approximate surface area is 145 Å². The first kappa shape index (κ1) is 16.7. The van der Waals surface area contributed by atoms with E-state index in [0.29, 0.717) is 4.88 Å². The number of carbonyl (C=O) groups is 1. The van der Waals surface area contributed by atoms with E-state index in [9.17, 15) is 14.4 Å². The van der Waals surface area contributed by atoms with E-state index in [-0.39, 0.29) is 28.8 Å². The van der Waals surface area contributed by atoms with Crippen LogP contribution in [0.1, 0.15) is 21.5 Å². The molecule has 0 aliphatic heterocycles. The second kappa shape index (κ2) is 6.03. The Balaban J connectivity index is 2.13. The third kappa shape index (κ3) is 2.51. The van der Waals surface area contributed by atoms with Gasteiger partial charge in [-0.15, -0.1) is 11.3 Å². The Kier molecular flexibility index (Phi) is 4.18. The number of halogens is 1. The number of nitrogens with zero attached hydrogens (tertiary/aromatic N) is 4. The van der Waals surface area contributed by atoms with Crippen LogP contribution in [0.15, 0.2) is 21.7 Å². The summed E-state index contributed by atoms with van der Waals surface area (Å²) in [5, 5.41) is 0.00363. The second-order valence-corrected chi connectivity index (χ2v) is 6.89. The molecule has 0 bridgehead atoms. The normalized spacial score (nSPS) is 11.3. The second-order valence-electron chi connectivity index (χ2n) is 5.39. The number of rotatable bonds is 4.